The fraction of sp³-hybridized carbons (Fsp3) is 0.143. The lowest BCUT2D eigenvalue weighted by Gasteiger charge is -2.28. The number of rotatable bonds is 10. The topological polar surface area (TPSA) is 18.5 Å². The molecule has 0 N–H and O–H groups in total. The summed E-state index contributed by atoms with van der Waals surface area (Å²) in [6.07, 6.45) is 0.943. The standard InChI is InChI=1S/C35H34O2P/c1-28(2)37-34-24-23-30(25-35(34)36-26-29-15-7-3-8-16-29)27-38(31-17-9-4-10-18-31,32-19-11-5-12-20-32)33-21-13-6-14-22-33/h3-25,28H,26-27H2,1-2H3/q+1. The van der Waals surface area contributed by atoms with Crippen molar-refractivity contribution in [1.82, 2.24) is 0 Å². The smallest absolute Gasteiger partial charge is 0.162 e. The van der Waals surface area contributed by atoms with E-state index in [1.54, 1.807) is 0 Å². The molecule has 0 aromatic heterocycles. The van der Waals surface area contributed by atoms with Gasteiger partial charge in [0.15, 0.2) is 11.5 Å². The van der Waals surface area contributed by atoms with Crippen LogP contribution in [0.1, 0.15) is 25.0 Å². The number of ether oxygens (including phenoxy) is 2. The van der Waals surface area contributed by atoms with Crippen LogP contribution in [0.15, 0.2) is 140 Å². The predicted octanol–water partition coefficient (Wildman–Crippen LogP) is 7.55. The molecule has 5 aromatic carbocycles. The second kappa shape index (κ2) is 12.1. The Morgan fingerprint density at radius 2 is 1.00 bits per heavy atom. The summed E-state index contributed by atoms with van der Waals surface area (Å²) in [5.41, 5.74) is 2.36. The minimum atomic E-state index is -2.01. The lowest BCUT2D eigenvalue weighted by molar-refractivity contribution is 0.218. The average Bonchev–Trinajstić information content (AvgIpc) is 2.97. The zero-order valence-corrected chi connectivity index (χ0v) is 22.9. The fourth-order valence-corrected chi connectivity index (χ4v) is 9.12. The van der Waals surface area contributed by atoms with Crippen molar-refractivity contribution in [3.63, 3.8) is 0 Å². The van der Waals surface area contributed by atoms with Gasteiger partial charge in [0, 0.05) is 0 Å². The predicted molar refractivity (Wildman–Crippen MR) is 162 cm³/mol. The summed E-state index contributed by atoms with van der Waals surface area (Å²) in [5, 5.41) is 4.10. The van der Waals surface area contributed by atoms with Crippen LogP contribution in [0.5, 0.6) is 11.5 Å². The third-order valence-corrected chi connectivity index (χ3v) is 11.0. The van der Waals surface area contributed by atoms with Crippen LogP contribution in [0.3, 0.4) is 0 Å². The molecule has 190 valence electrons. The molecule has 0 saturated carbocycles. The summed E-state index contributed by atoms with van der Waals surface area (Å²) in [6.45, 7) is 4.59. The Balaban J connectivity index is 1.61. The van der Waals surface area contributed by atoms with Crippen LogP contribution in [0.2, 0.25) is 0 Å². The second-order valence-corrected chi connectivity index (χ2v) is 13.2. The Morgan fingerprint density at radius 3 is 1.47 bits per heavy atom. The molecular formula is C35H34O2P+. The van der Waals surface area contributed by atoms with E-state index in [1.165, 1.54) is 21.5 Å². The fourth-order valence-electron chi connectivity index (χ4n) is 4.89. The summed E-state index contributed by atoms with van der Waals surface area (Å²) in [7, 11) is -2.01. The highest BCUT2D eigenvalue weighted by molar-refractivity contribution is 7.95. The summed E-state index contributed by atoms with van der Waals surface area (Å²) in [6, 6.07) is 49.7. The molecule has 0 heterocycles. The van der Waals surface area contributed by atoms with E-state index < -0.39 is 7.26 Å². The van der Waals surface area contributed by atoms with Crippen LogP contribution < -0.4 is 25.4 Å². The van der Waals surface area contributed by atoms with Crippen molar-refractivity contribution in [2.45, 2.75) is 32.7 Å². The van der Waals surface area contributed by atoms with Gasteiger partial charge in [-0.3, -0.25) is 0 Å². The van der Waals surface area contributed by atoms with Gasteiger partial charge in [0.05, 0.1) is 12.3 Å². The monoisotopic (exact) mass is 517 g/mol. The Morgan fingerprint density at radius 1 is 0.526 bits per heavy atom. The molecule has 0 spiro atoms. The van der Waals surface area contributed by atoms with Crippen LogP contribution in [0, 0.1) is 0 Å². The third kappa shape index (κ3) is 5.82. The first-order valence-corrected chi connectivity index (χ1v) is 15.1. The number of hydrogen-bond acceptors (Lipinski definition) is 2. The summed E-state index contributed by atoms with van der Waals surface area (Å²) in [5.74, 6) is 1.56. The molecule has 0 fully saturated rings. The SMILES string of the molecule is CC(C)Oc1ccc(C[P+](c2ccccc2)(c2ccccc2)c2ccccc2)cc1OCc1ccccc1. The van der Waals surface area contributed by atoms with Gasteiger partial charge < -0.3 is 9.47 Å². The van der Waals surface area contributed by atoms with E-state index in [4.69, 9.17) is 9.47 Å². The van der Waals surface area contributed by atoms with Gasteiger partial charge in [0.25, 0.3) is 0 Å². The van der Waals surface area contributed by atoms with Gasteiger partial charge >= 0.3 is 0 Å². The molecule has 2 nitrogen and oxygen atoms in total. The van der Waals surface area contributed by atoms with E-state index in [1.807, 2.05) is 32.0 Å². The Hall–Kier alpha value is -3.87. The maximum atomic E-state index is 6.38. The highest BCUT2D eigenvalue weighted by Crippen LogP contribution is 2.58. The van der Waals surface area contributed by atoms with E-state index >= 15 is 0 Å². The molecule has 0 aliphatic rings. The molecule has 0 bridgehead atoms. The average molecular weight is 518 g/mol. The molecular weight excluding hydrogens is 483 g/mol. The van der Waals surface area contributed by atoms with Crippen molar-refractivity contribution in [3.05, 3.63) is 151 Å². The van der Waals surface area contributed by atoms with Gasteiger partial charge in [0.2, 0.25) is 0 Å². The zero-order valence-electron chi connectivity index (χ0n) is 22.0. The van der Waals surface area contributed by atoms with Crippen LogP contribution in [0.25, 0.3) is 0 Å². The van der Waals surface area contributed by atoms with E-state index in [2.05, 4.69) is 121 Å². The van der Waals surface area contributed by atoms with Crippen molar-refractivity contribution in [1.29, 1.82) is 0 Å². The maximum Gasteiger partial charge on any atom is 0.162 e. The Bertz CT molecular complexity index is 1320. The quantitative estimate of drug-likeness (QED) is 0.178. The van der Waals surface area contributed by atoms with Gasteiger partial charge in [-0.1, -0.05) is 91.0 Å². The molecule has 3 heteroatoms. The molecule has 0 aliphatic carbocycles. The van der Waals surface area contributed by atoms with E-state index in [0.29, 0.717) is 6.61 Å². The number of benzene rings is 5. The largest absolute Gasteiger partial charge is 0.487 e. The van der Waals surface area contributed by atoms with Gasteiger partial charge in [-0.2, -0.15) is 0 Å². The van der Waals surface area contributed by atoms with E-state index in [9.17, 15) is 0 Å². The van der Waals surface area contributed by atoms with Crippen LogP contribution in [-0.4, -0.2) is 6.10 Å². The van der Waals surface area contributed by atoms with Crippen molar-refractivity contribution in [2.24, 2.45) is 0 Å². The molecule has 0 aliphatic heterocycles. The van der Waals surface area contributed by atoms with Crippen molar-refractivity contribution in [2.75, 3.05) is 0 Å². The molecule has 38 heavy (non-hydrogen) atoms. The van der Waals surface area contributed by atoms with Crippen LogP contribution >= 0.6 is 7.26 Å². The van der Waals surface area contributed by atoms with Crippen LogP contribution in [0.4, 0.5) is 0 Å². The third-order valence-electron chi connectivity index (χ3n) is 6.62. The van der Waals surface area contributed by atoms with E-state index in [0.717, 1.165) is 23.2 Å². The first-order chi connectivity index (χ1) is 18.6. The van der Waals surface area contributed by atoms with Gasteiger partial charge in [-0.15, -0.1) is 0 Å². The van der Waals surface area contributed by atoms with Crippen molar-refractivity contribution >= 4 is 23.2 Å². The molecule has 5 aromatic rings. The highest BCUT2D eigenvalue weighted by atomic mass is 31.2. The van der Waals surface area contributed by atoms with E-state index in [-0.39, 0.29) is 6.10 Å². The van der Waals surface area contributed by atoms with Gasteiger partial charge in [0.1, 0.15) is 29.8 Å². The summed E-state index contributed by atoms with van der Waals surface area (Å²) >= 11 is 0. The molecule has 0 saturated heterocycles. The maximum absolute atomic E-state index is 6.38. The van der Waals surface area contributed by atoms with Crippen LogP contribution in [-0.2, 0) is 12.8 Å². The van der Waals surface area contributed by atoms with Gasteiger partial charge in [-0.05, 0) is 73.5 Å². The minimum absolute atomic E-state index is 0.0597. The van der Waals surface area contributed by atoms with Crippen molar-refractivity contribution in [3.8, 4) is 11.5 Å². The Labute approximate surface area is 227 Å². The number of hydrogen-bond donors (Lipinski definition) is 0. The molecule has 5 rings (SSSR count). The Kier molecular flexibility index (Phi) is 8.22. The molecule has 0 radical (unpaired) electrons. The first kappa shape index (κ1) is 25.8. The second-order valence-electron chi connectivity index (χ2n) is 9.70. The highest BCUT2D eigenvalue weighted by Gasteiger charge is 2.45. The summed E-state index contributed by atoms with van der Waals surface area (Å²) < 4.78 is 12.5. The van der Waals surface area contributed by atoms with Crippen molar-refractivity contribution < 1.29 is 9.47 Å². The summed E-state index contributed by atoms with van der Waals surface area (Å²) in [4.78, 5) is 0. The van der Waals surface area contributed by atoms with Gasteiger partial charge in [-0.25, -0.2) is 0 Å². The normalized spacial score (nSPS) is 11.3. The molecule has 0 unspecified atom stereocenters. The molecule has 0 amide bonds. The lowest BCUT2D eigenvalue weighted by Crippen LogP contribution is -2.32. The first-order valence-electron chi connectivity index (χ1n) is 13.2. The lowest BCUT2D eigenvalue weighted by atomic mass is 10.2. The molecule has 0 atom stereocenters. The minimum Gasteiger partial charge on any atom is -0.487 e. The zero-order chi connectivity index (χ0) is 26.2.